The van der Waals surface area contributed by atoms with E-state index in [0.717, 1.165) is 40.8 Å². The summed E-state index contributed by atoms with van der Waals surface area (Å²) in [5.74, 6) is 0.623. The molecule has 0 atom stereocenters. The molecular weight excluding hydrogens is 482 g/mol. The van der Waals surface area contributed by atoms with Crippen LogP contribution in [0.15, 0.2) is 114 Å². The second-order valence-corrected chi connectivity index (χ2v) is 10.3. The Hall–Kier alpha value is -4.65. The molecule has 2 heterocycles. The van der Waals surface area contributed by atoms with Crippen LogP contribution in [0.1, 0.15) is 17.5 Å². The molecule has 4 aromatic carbocycles. The lowest BCUT2D eigenvalue weighted by Gasteiger charge is -2.15. The van der Waals surface area contributed by atoms with Gasteiger partial charge in [-0.25, -0.2) is 4.98 Å². The summed E-state index contributed by atoms with van der Waals surface area (Å²) in [4.78, 5) is 7.55. The van der Waals surface area contributed by atoms with Crippen molar-refractivity contribution in [2.75, 3.05) is 0 Å². The van der Waals surface area contributed by atoms with Crippen molar-refractivity contribution in [1.82, 2.24) is 4.98 Å². The molecule has 38 heavy (non-hydrogen) atoms. The summed E-state index contributed by atoms with van der Waals surface area (Å²) >= 11 is 1.87. The van der Waals surface area contributed by atoms with Gasteiger partial charge in [0.15, 0.2) is 0 Å². The smallest absolute Gasteiger partial charge is 0.226 e. The number of nitrogens with zero attached hydrogens (tertiary/aromatic N) is 1. The lowest BCUT2D eigenvalue weighted by molar-refractivity contribution is 0.575. The number of benzene rings is 3. The van der Waals surface area contributed by atoms with E-state index >= 15 is 0 Å². The molecule has 7 rings (SSSR count). The number of thiophene rings is 1. The quantitative estimate of drug-likeness (QED) is 0.233. The molecule has 1 aliphatic rings. The topological polar surface area (TPSA) is 26.0 Å². The Balaban J connectivity index is 1.49. The zero-order valence-electron chi connectivity index (χ0n) is 20.6. The highest BCUT2D eigenvalue weighted by molar-refractivity contribution is 7.19. The Labute approximate surface area is 226 Å². The first kappa shape index (κ1) is 22.5. The highest BCUT2D eigenvalue weighted by atomic mass is 32.1. The van der Waals surface area contributed by atoms with E-state index in [2.05, 4.69) is 78.9 Å². The predicted octanol–water partition coefficient (Wildman–Crippen LogP) is 9.63. The average Bonchev–Trinajstić information content (AvgIpc) is 3.64. The van der Waals surface area contributed by atoms with E-state index in [0.29, 0.717) is 5.89 Å². The second kappa shape index (κ2) is 9.67. The van der Waals surface area contributed by atoms with Crippen molar-refractivity contribution in [3.63, 3.8) is 0 Å². The van der Waals surface area contributed by atoms with Crippen LogP contribution in [0.3, 0.4) is 0 Å². The summed E-state index contributed by atoms with van der Waals surface area (Å²) in [6.45, 7) is 0. The van der Waals surface area contributed by atoms with Gasteiger partial charge in [-0.05, 0) is 59.4 Å². The molecule has 0 saturated heterocycles. The van der Waals surface area contributed by atoms with E-state index in [9.17, 15) is 0 Å². The lowest BCUT2D eigenvalue weighted by Crippen LogP contribution is -1.96. The van der Waals surface area contributed by atoms with Crippen LogP contribution in [-0.4, -0.2) is 4.98 Å². The van der Waals surface area contributed by atoms with Crippen LogP contribution in [0.2, 0.25) is 0 Å². The second-order valence-electron chi connectivity index (χ2n) is 9.30. The molecule has 6 aromatic rings. The first-order chi connectivity index (χ1) is 18.9. The molecule has 3 heteroatoms. The van der Waals surface area contributed by atoms with Gasteiger partial charge in [0.1, 0.15) is 12.0 Å². The lowest BCUT2D eigenvalue weighted by atomic mass is 9.88. The van der Waals surface area contributed by atoms with Crippen molar-refractivity contribution in [3.05, 3.63) is 133 Å². The molecule has 0 N–H and O–H groups in total. The zero-order valence-corrected chi connectivity index (χ0v) is 21.5. The van der Waals surface area contributed by atoms with Crippen LogP contribution in [0.4, 0.5) is 0 Å². The predicted molar refractivity (Wildman–Crippen MR) is 157 cm³/mol. The van der Waals surface area contributed by atoms with Crippen molar-refractivity contribution < 1.29 is 4.42 Å². The fourth-order valence-corrected chi connectivity index (χ4v) is 6.61. The molecule has 0 bridgehead atoms. The van der Waals surface area contributed by atoms with Crippen LogP contribution in [-0.2, 0) is 6.42 Å². The van der Waals surface area contributed by atoms with E-state index in [1.165, 1.54) is 32.0 Å². The first-order valence-electron chi connectivity index (χ1n) is 12.8. The van der Waals surface area contributed by atoms with Gasteiger partial charge in [-0.2, -0.15) is 0 Å². The van der Waals surface area contributed by atoms with Crippen molar-refractivity contribution in [3.8, 4) is 54.7 Å². The standard InChI is InChI=1S/C35H23NOS/c1-4-13-24(14-5-1)27-21-12-22-30(31-23-37-35(36-31)26-17-8-3-9-18-26)32(27)34-29-20-11-10-19-28(29)33(38-34)25-15-6-2-7-16-25/h1-4,6-10,12-13,15-19,21-23H,11,20H2. The number of aromatic nitrogens is 1. The number of hydrogen-bond acceptors (Lipinski definition) is 3. The molecule has 2 aromatic heterocycles. The zero-order chi connectivity index (χ0) is 25.3. The molecule has 0 saturated carbocycles. The summed E-state index contributed by atoms with van der Waals surface area (Å²) in [6.07, 6.45) is 8.42. The number of rotatable bonds is 5. The fraction of sp³-hybridized carbons (Fsp3) is 0.0571. The summed E-state index contributed by atoms with van der Waals surface area (Å²) in [7, 11) is 0. The number of allylic oxidation sites excluding steroid dienone is 1. The minimum Gasteiger partial charge on any atom is -0.444 e. The van der Waals surface area contributed by atoms with Gasteiger partial charge in [-0.15, -0.1) is 11.3 Å². The van der Waals surface area contributed by atoms with Gasteiger partial charge in [0.05, 0.1) is 0 Å². The van der Waals surface area contributed by atoms with Crippen molar-refractivity contribution in [1.29, 1.82) is 0 Å². The molecule has 1 aliphatic carbocycles. The maximum Gasteiger partial charge on any atom is 0.226 e. The summed E-state index contributed by atoms with van der Waals surface area (Å²) in [5, 5.41) is 0. The summed E-state index contributed by atoms with van der Waals surface area (Å²) in [5.41, 5.74) is 10.2. The Kier molecular flexibility index (Phi) is 5.73. The number of oxazole rings is 1. The van der Waals surface area contributed by atoms with Crippen LogP contribution in [0.25, 0.3) is 60.8 Å². The average molecular weight is 506 g/mol. The largest absolute Gasteiger partial charge is 0.444 e. The van der Waals surface area contributed by atoms with Crippen molar-refractivity contribution in [2.24, 2.45) is 0 Å². The maximum absolute atomic E-state index is 6.00. The molecule has 0 fully saturated rings. The van der Waals surface area contributed by atoms with Gasteiger partial charge in [-0.3, -0.25) is 0 Å². The maximum atomic E-state index is 6.00. The van der Waals surface area contributed by atoms with Gasteiger partial charge in [0, 0.05) is 32.0 Å². The first-order valence-corrected chi connectivity index (χ1v) is 13.6. The highest BCUT2D eigenvalue weighted by Crippen LogP contribution is 2.50. The van der Waals surface area contributed by atoms with Crippen LogP contribution >= 0.6 is 11.3 Å². The highest BCUT2D eigenvalue weighted by Gasteiger charge is 2.25. The van der Waals surface area contributed by atoms with Crippen LogP contribution < -0.4 is 0 Å². The number of hydrogen-bond donors (Lipinski definition) is 0. The van der Waals surface area contributed by atoms with Gasteiger partial charge in [0.25, 0.3) is 0 Å². The van der Waals surface area contributed by atoms with E-state index < -0.39 is 0 Å². The molecule has 2 nitrogen and oxygen atoms in total. The minimum atomic E-state index is 0.623. The SMILES string of the molecule is c1cccc(-c2cccc(-c3coc(-c4ccccc4)n3)c2-c2sc(-c3ccccc3)c3c2CCC=C3)c#1. The number of fused-ring (bicyclic) bond motifs is 1. The Morgan fingerprint density at radius 3 is 2.34 bits per heavy atom. The monoisotopic (exact) mass is 505 g/mol. The van der Waals surface area contributed by atoms with Gasteiger partial charge in [-0.1, -0.05) is 97.1 Å². The van der Waals surface area contributed by atoms with E-state index in [4.69, 9.17) is 9.40 Å². The van der Waals surface area contributed by atoms with E-state index in [1.807, 2.05) is 53.8 Å². The normalized spacial score (nSPS) is 12.2. The van der Waals surface area contributed by atoms with Crippen molar-refractivity contribution >= 4 is 17.4 Å². The summed E-state index contributed by atoms with van der Waals surface area (Å²) < 4.78 is 6.00. The molecular formula is C35H23NOS. The molecule has 0 radical (unpaired) electrons. The van der Waals surface area contributed by atoms with E-state index in [-0.39, 0.29) is 0 Å². The Bertz CT molecular complexity index is 1740. The minimum absolute atomic E-state index is 0.623. The fourth-order valence-electron chi connectivity index (χ4n) is 5.19. The van der Waals surface area contributed by atoms with Crippen LogP contribution in [0.5, 0.6) is 0 Å². The third-order valence-corrected chi connectivity index (χ3v) is 8.28. The Morgan fingerprint density at radius 1 is 0.763 bits per heavy atom. The van der Waals surface area contributed by atoms with Crippen LogP contribution in [0, 0.1) is 12.1 Å². The van der Waals surface area contributed by atoms with E-state index in [1.54, 1.807) is 6.26 Å². The molecule has 180 valence electrons. The molecule has 0 unspecified atom stereocenters. The van der Waals surface area contributed by atoms with Gasteiger partial charge < -0.3 is 4.42 Å². The Morgan fingerprint density at radius 2 is 1.55 bits per heavy atom. The third kappa shape index (κ3) is 3.96. The van der Waals surface area contributed by atoms with Gasteiger partial charge in [0.2, 0.25) is 5.89 Å². The molecule has 0 spiro atoms. The summed E-state index contributed by atoms with van der Waals surface area (Å²) in [6, 6.07) is 39.7. The molecule has 0 amide bonds. The molecule has 0 aliphatic heterocycles. The van der Waals surface area contributed by atoms with Gasteiger partial charge >= 0.3 is 0 Å². The third-order valence-electron chi connectivity index (χ3n) is 6.96. The van der Waals surface area contributed by atoms with Crippen molar-refractivity contribution in [2.45, 2.75) is 12.8 Å².